The molecule has 0 saturated heterocycles. The van der Waals surface area contributed by atoms with E-state index in [-0.39, 0.29) is 11.2 Å². The van der Waals surface area contributed by atoms with E-state index in [1.807, 2.05) is 31.2 Å². The molecule has 1 aromatic carbocycles. The molecule has 0 bridgehead atoms. The van der Waals surface area contributed by atoms with Gasteiger partial charge in [-0.2, -0.15) is 0 Å². The highest BCUT2D eigenvalue weighted by Gasteiger charge is 2.23. The van der Waals surface area contributed by atoms with Crippen molar-refractivity contribution in [1.29, 1.82) is 0 Å². The van der Waals surface area contributed by atoms with E-state index in [0.29, 0.717) is 22.9 Å². The molecular weight excluding hydrogens is 326 g/mol. The summed E-state index contributed by atoms with van der Waals surface area (Å²) in [7, 11) is 1.60. The minimum atomic E-state index is -0.281. The molecule has 1 amide bonds. The van der Waals surface area contributed by atoms with Crippen LogP contribution in [-0.2, 0) is 4.79 Å². The Balaban J connectivity index is 1.64. The molecule has 3 rings (SSSR count). The van der Waals surface area contributed by atoms with Crippen LogP contribution >= 0.6 is 11.8 Å². The number of hydrogen-bond donors (Lipinski definition) is 1. The van der Waals surface area contributed by atoms with E-state index < -0.39 is 0 Å². The second-order valence-corrected chi connectivity index (χ2v) is 7.12. The van der Waals surface area contributed by atoms with Crippen LogP contribution in [0.2, 0.25) is 0 Å². The highest BCUT2D eigenvalue weighted by molar-refractivity contribution is 8.00. The Bertz CT molecular complexity index is 698. The summed E-state index contributed by atoms with van der Waals surface area (Å²) in [6.07, 6.45) is 4.53. The highest BCUT2D eigenvalue weighted by Crippen LogP contribution is 2.31. The monoisotopic (exact) mass is 347 g/mol. The lowest BCUT2D eigenvalue weighted by molar-refractivity contribution is -0.120. The molecule has 0 spiro atoms. The Morgan fingerprint density at radius 2 is 2.08 bits per heavy atom. The summed E-state index contributed by atoms with van der Waals surface area (Å²) in [5.74, 6) is 1.08. The summed E-state index contributed by atoms with van der Waals surface area (Å²) in [5.41, 5.74) is 0.738. The van der Waals surface area contributed by atoms with Crippen LogP contribution in [0.25, 0.3) is 11.5 Å². The molecule has 1 fully saturated rings. The molecule has 1 unspecified atom stereocenters. The van der Waals surface area contributed by atoms with Crippen molar-refractivity contribution >= 4 is 17.7 Å². The fourth-order valence-corrected chi connectivity index (χ4v) is 3.47. The van der Waals surface area contributed by atoms with E-state index in [1.54, 1.807) is 7.11 Å². The minimum Gasteiger partial charge on any atom is -0.496 e. The first kappa shape index (κ1) is 16.8. The van der Waals surface area contributed by atoms with E-state index in [2.05, 4.69) is 15.5 Å². The van der Waals surface area contributed by atoms with Crippen molar-refractivity contribution < 1.29 is 13.9 Å². The summed E-state index contributed by atoms with van der Waals surface area (Å²) in [6.45, 7) is 1.85. The molecule has 7 heteroatoms. The Morgan fingerprint density at radius 3 is 2.83 bits per heavy atom. The number of hydrogen-bond acceptors (Lipinski definition) is 6. The van der Waals surface area contributed by atoms with Crippen molar-refractivity contribution in [3.05, 3.63) is 24.3 Å². The quantitative estimate of drug-likeness (QED) is 0.808. The SMILES string of the molecule is COc1ccccc1-c1nnc(SC(C)C(=O)NC2CCCC2)o1. The first-order valence-electron chi connectivity index (χ1n) is 8.11. The number of nitrogens with zero attached hydrogens (tertiary/aromatic N) is 2. The van der Waals surface area contributed by atoms with E-state index >= 15 is 0 Å². The third kappa shape index (κ3) is 3.90. The number of methoxy groups -OCH3 is 1. The van der Waals surface area contributed by atoms with Crippen molar-refractivity contribution in [3.8, 4) is 17.2 Å². The van der Waals surface area contributed by atoms with Gasteiger partial charge in [0.25, 0.3) is 11.1 Å². The molecule has 2 aromatic rings. The van der Waals surface area contributed by atoms with Gasteiger partial charge in [-0.25, -0.2) is 0 Å². The number of nitrogens with one attached hydrogen (secondary N) is 1. The van der Waals surface area contributed by atoms with Gasteiger partial charge in [0.2, 0.25) is 5.91 Å². The lowest BCUT2D eigenvalue weighted by Crippen LogP contribution is -2.37. The summed E-state index contributed by atoms with van der Waals surface area (Å²) < 4.78 is 11.0. The van der Waals surface area contributed by atoms with Crippen LogP contribution < -0.4 is 10.1 Å². The van der Waals surface area contributed by atoms with Crippen molar-refractivity contribution in [2.24, 2.45) is 0 Å². The van der Waals surface area contributed by atoms with E-state index in [1.165, 1.54) is 24.6 Å². The van der Waals surface area contributed by atoms with Gasteiger partial charge in [-0.05, 0) is 31.9 Å². The van der Waals surface area contributed by atoms with Crippen LogP contribution in [0.5, 0.6) is 5.75 Å². The number of carbonyl (C=O) groups is 1. The number of ether oxygens (including phenoxy) is 1. The molecule has 1 saturated carbocycles. The Labute approximate surface area is 145 Å². The molecule has 1 aliphatic rings. The second kappa shape index (κ2) is 7.70. The van der Waals surface area contributed by atoms with Gasteiger partial charge in [0, 0.05) is 6.04 Å². The van der Waals surface area contributed by atoms with Gasteiger partial charge in [0.05, 0.1) is 17.9 Å². The lowest BCUT2D eigenvalue weighted by Gasteiger charge is -2.14. The Kier molecular flexibility index (Phi) is 5.40. The van der Waals surface area contributed by atoms with Crippen LogP contribution in [0.3, 0.4) is 0 Å². The van der Waals surface area contributed by atoms with Gasteiger partial charge in [0.15, 0.2) is 0 Å². The number of para-hydroxylation sites is 1. The molecule has 1 heterocycles. The topological polar surface area (TPSA) is 77.2 Å². The zero-order chi connectivity index (χ0) is 16.9. The van der Waals surface area contributed by atoms with E-state index in [9.17, 15) is 4.79 Å². The lowest BCUT2D eigenvalue weighted by atomic mass is 10.2. The number of carbonyl (C=O) groups excluding carboxylic acids is 1. The number of aromatic nitrogens is 2. The third-order valence-corrected chi connectivity index (χ3v) is 5.03. The molecule has 0 aliphatic heterocycles. The largest absolute Gasteiger partial charge is 0.496 e. The molecule has 6 nitrogen and oxygen atoms in total. The summed E-state index contributed by atoms with van der Waals surface area (Å²) in [6, 6.07) is 7.77. The molecule has 1 atom stereocenters. The van der Waals surface area contributed by atoms with Gasteiger partial charge < -0.3 is 14.5 Å². The zero-order valence-corrected chi connectivity index (χ0v) is 14.6. The van der Waals surface area contributed by atoms with Crippen LogP contribution in [-0.4, -0.2) is 34.5 Å². The Morgan fingerprint density at radius 1 is 1.33 bits per heavy atom. The first-order chi connectivity index (χ1) is 11.7. The Hall–Kier alpha value is -2.02. The maximum absolute atomic E-state index is 12.2. The molecule has 1 aliphatic carbocycles. The third-order valence-electron chi connectivity index (χ3n) is 4.09. The highest BCUT2D eigenvalue weighted by atomic mass is 32.2. The molecule has 24 heavy (non-hydrogen) atoms. The zero-order valence-electron chi connectivity index (χ0n) is 13.8. The van der Waals surface area contributed by atoms with Crippen LogP contribution in [0.15, 0.2) is 33.9 Å². The van der Waals surface area contributed by atoms with Crippen molar-refractivity contribution in [1.82, 2.24) is 15.5 Å². The number of amides is 1. The first-order valence-corrected chi connectivity index (χ1v) is 8.99. The van der Waals surface area contributed by atoms with Crippen LogP contribution in [0.4, 0.5) is 0 Å². The normalized spacial score (nSPS) is 16.1. The van der Waals surface area contributed by atoms with Crippen molar-refractivity contribution in [3.63, 3.8) is 0 Å². The smallest absolute Gasteiger partial charge is 0.277 e. The van der Waals surface area contributed by atoms with Gasteiger partial charge in [0.1, 0.15) is 5.75 Å². The molecular formula is C17H21N3O3S. The minimum absolute atomic E-state index is 0.0175. The number of rotatable bonds is 6. The summed E-state index contributed by atoms with van der Waals surface area (Å²) in [4.78, 5) is 12.2. The van der Waals surface area contributed by atoms with E-state index in [0.717, 1.165) is 18.4 Å². The standard InChI is InChI=1S/C17H21N3O3S/c1-11(15(21)18-12-7-3-4-8-12)24-17-20-19-16(23-17)13-9-5-6-10-14(13)22-2/h5-6,9-12H,3-4,7-8H2,1-2H3,(H,18,21). The fourth-order valence-electron chi connectivity index (χ4n) is 2.78. The van der Waals surface area contributed by atoms with Gasteiger partial charge >= 0.3 is 0 Å². The maximum Gasteiger partial charge on any atom is 0.277 e. The molecule has 1 aromatic heterocycles. The predicted molar refractivity (Wildman–Crippen MR) is 92.0 cm³/mol. The second-order valence-electron chi connectivity index (χ2n) is 5.82. The number of thioether (sulfide) groups is 1. The molecule has 128 valence electrons. The molecule has 0 radical (unpaired) electrons. The average molecular weight is 347 g/mol. The van der Waals surface area contributed by atoms with Crippen LogP contribution in [0, 0.1) is 0 Å². The summed E-state index contributed by atoms with van der Waals surface area (Å²) >= 11 is 1.27. The van der Waals surface area contributed by atoms with Gasteiger partial charge in [-0.1, -0.05) is 36.7 Å². The van der Waals surface area contributed by atoms with E-state index in [4.69, 9.17) is 9.15 Å². The van der Waals surface area contributed by atoms with Crippen molar-refractivity contribution in [2.45, 2.75) is 49.1 Å². The predicted octanol–water partition coefficient (Wildman–Crippen LogP) is 3.28. The number of benzene rings is 1. The van der Waals surface area contributed by atoms with Crippen LogP contribution in [0.1, 0.15) is 32.6 Å². The van der Waals surface area contributed by atoms with Crippen molar-refractivity contribution in [2.75, 3.05) is 7.11 Å². The molecule has 1 N–H and O–H groups in total. The maximum atomic E-state index is 12.2. The summed E-state index contributed by atoms with van der Waals surface area (Å²) in [5, 5.41) is 11.3. The van der Waals surface area contributed by atoms with Gasteiger partial charge in [-0.3, -0.25) is 4.79 Å². The van der Waals surface area contributed by atoms with Gasteiger partial charge in [-0.15, -0.1) is 10.2 Å². The fraction of sp³-hybridized carbons (Fsp3) is 0.471. The average Bonchev–Trinajstić information content (AvgIpc) is 3.26.